The lowest BCUT2D eigenvalue weighted by Crippen LogP contribution is -2.56. The van der Waals surface area contributed by atoms with Gasteiger partial charge in [0.15, 0.2) is 0 Å². The highest BCUT2D eigenvalue weighted by Gasteiger charge is 2.39. The molecule has 1 amide bonds. The molecular formula is C14H31NO2. The van der Waals surface area contributed by atoms with E-state index >= 15 is 0 Å². The molecule has 3 nitrogen and oxygen atoms in total. The van der Waals surface area contributed by atoms with E-state index in [1.54, 1.807) is 4.90 Å². The molecule has 0 spiro atoms. The van der Waals surface area contributed by atoms with Crippen molar-refractivity contribution < 1.29 is 9.53 Å². The fraction of sp³-hybridized carbons (Fsp3) is 0.929. The summed E-state index contributed by atoms with van der Waals surface area (Å²) in [6.07, 6.45) is -0.188. The molecule has 1 rings (SSSR count). The number of hydrogen-bond acceptors (Lipinski definition) is 2. The second-order valence-electron chi connectivity index (χ2n) is 5.50. The Morgan fingerprint density at radius 3 is 1.65 bits per heavy atom. The van der Waals surface area contributed by atoms with Crippen LogP contribution in [0.4, 0.5) is 4.79 Å². The van der Waals surface area contributed by atoms with Crippen molar-refractivity contribution >= 4 is 6.09 Å². The van der Waals surface area contributed by atoms with E-state index in [9.17, 15) is 4.79 Å². The van der Waals surface area contributed by atoms with Gasteiger partial charge in [0.2, 0.25) is 0 Å². The fourth-order valence-electron chi connectivity index (χ4n) is 1.44. The highest BCUT2D eigenvalue weighted by Crippen LogP contribution is 2.29. The molecule has 0 saturated carbocycles. The van der Waals surface area contributed by atoms with Gasteiger partial charge in [-0.1, -0.05) is 41.5 Å². The van der Waals surface area contributed by atoms with Crippen LogP contribution in [0.5, 0.6) is 0 Å². The van der Waals surface area contributed by atoms with Gasteiger partial charge in [0.1, 0.15) is 5.60 Å². The Morgan fingerprint density at radius 1 is 1.06 bits per heavy atom. The first-order valence-corrected chi connectivity index (χ1v) is 6.68. The van der Waals surface area contributed by atoms with Gasteiger partial charge in [0.25, 0.3) is 0 Å². The number of hydrogen-bond donors (Lipinski definition) is 0. The van der Waals surface area contributed by atoms with Crippen LogP contribution in [0.2, 0.25) is 0 Å². The van der Waals surface area contributed by atoms with E-state index in [2.05, 4.69) is 13.8 Å². The second-order valence-corrected chi connectivity index (χ2v) is 5.50. The number of amides is 1. The molecule has 0 aromatic carbocycles. The largest absolute Gasteiger partial charge is 0.444 e. The van der Waals surface area contributed by atoms with E-state index < -0.39 is 0 Å². The lowest BCUT2D eigenvalue weighted by atomic mass is 9.85. The average molecular weight is 245 g/mol. The summed E-state index contributed by atoms with van der Waals surface area (Å²) in [5.41, 5.74) is -0.103. The Labute approximate surface area is 108 Å². The summed E-state index contributed by atoms with van der Waals surface area (Å²) in [5.74, 6) is 0. The van der Waals surface area contributed by atoms with Gasteiger partial charge in [-0.05, 0) is 20.8 Å². The molecule has 0 radical (unpaired) electrons. The third-order valence-corrected chi connectivity index (χ3v) is 1.89. The second kappa shape index (κ2) is 7.57. The summed E-state index contributed by atoms with van der Waals surface area (Å²) in [6.45, 7) is 19.6. The Bertz CT molecular complexity index is 209. The summed E-state index contributed by atoms with van der Waals surface area (Å²) in [7, 11) is 0. The van der Waals surface area contributed by atoms with Crippen molar-refractivity contribution in [1.29, 1.82) is 0 Å². The summed E-state index contributed by atoms with van der Waals surface area (Å²) >= 11 is 0. The van der Waals surface area contributed by atoms with Gasteiger partial charge >= 0.3 is 6.09 Å². The van der Waals surface area contributed by atoms with Gasteiger partial charge < -0.3 is 9.64 Å². The zero-order valence-corrected chi connectivity index (χ0v) is 13.2. The number of carbonyl (C=O) groups excluding carboxylic acids is 1. The molecule has 0 bridgehead atoms. The Kier molecular flexibility index (Phi) is 8.29. The molecule has 1 aliphatic rings. The maximum atomic E-state index is 11.4. The molecule has 0 atom stereocenters. The highest BCUT2D eigenvalue weighted by molar-refractivity contribution is 5.69. The van der Waals surface area contributed by atoms with Crippen molar-refractivity contribution in [3.63, 3.8) is 0 Å². The van der Waals surface area contributed by atoms with Gasteiger partial charge in [-0.25, -0.2) is 4.79 Å². The highest BCUT2D eigenvalue weighted by atomic mass is 16.6. The molecule has 0 aliphatic carbocycles. The molecule has 0 aromatic rings. The minimum Gasteiger partial charge on any atom is -0.444 e. The minimum atomic E-state index is -0.378. The first-order valence-electron chi connectivity index (χ1n) is 6.68. The van der Waals surface area contributed by atoms with Crippen LogP contribution in [0.15, 0.2) is 0 Å². The quantitative estimate of drug-likeness (QED) is 0.636. The molecule has 104 valence electrons. The molecule has 0 unspecified atom stereocenters. The molecule has 1 heterocycles. The Balaban J connectivity index is 0. The van der Waals surface area contributed by atoms with E-state index in [0.717, 1.165) is 13.1 Å². The topological polar surface area (TPSA) is 29.5 Å². The van der Waals surface area contributed by atoms with Crippen LogP contribution < -0.4 is 0 Å². The van der Waals surface area contributed by atoms with Crippen molar-refractivity contribution in [3.8, 4) is 0 Å². The summed E-state index contributed by atoms with van der Waals surface area (Å²) in [4.78, 5) is 13.2. The van der Waals surface area contributed by atoms with Crippen LogP contribution in [-0.4, -0.2) is 29.7 Å². The van der Waals surface area contributed by atoms with Crippen LogP contribution in [0.3, 0.4) is 0 Å². The van der Waals surface area contributed by atoms with Crippen molar-refractivity contribution in [2.24, 2.45) is 5.41 Å². The van der Waals surface area contributed by atoms with Crippen LogP contribution in [-0.2, 0) is 4.74 Å². The third kappa shape index (κ3) is 8.06. The fourth-order valence-corrected chi connectivity index (χ4v) is 1.44. The number of ether oxygens (including phenoxy) is 1. The smallest absolute Gasteiger partial charge is 0.410 e. The van der Waals surface area contributed by atoms with Gasteiger partial charge in [-0.15, -0.1) is 0 Å². The van der Waals surface area contributed by atoms with Crippen LogP contribution in [0.1, 0.15) is 62.3 Å². The van der Waals surface area contributed by atoms with Crippen LogP contribution in [0.25, 0.3) is 0 Å². The Hall–Kier alpha value is -0.730. The number of nitrogens with zero attached hydrogens (tertiary/aromatic N) is 1. The molecule has 3 heteroatoms. The van der Waals surface area contributed by atoms with Gasteiger partial charge in [-0.3, -0.25) is 0 Å². The lowest BCUT2D eigenvalue weighted by molar-refractivity contribution is -0.0218. The molecule has 17 heavy (non-hydrogen) atoms. The van der Waals surface area contributed by atoms with Gasteiger partial charge in [0, 0.05) is 18.5 Å². The van der Waals surface area contributed by atoms with Crippen LogP contribution in [0, 0.1) is 5.41 Å². The van der Waals surface area contributed by atoms with Crippen molar-refractivity contribution in [2.75, 3.05) is 13.1 Å². The maximum Gasteiger partial charge on any atom is 0.410 e. The molecule has 1 fully saturated rings. The van der Waals surface area contributed by atoms with Gasteiger partial charge in [-0.2, -0.15) is 0 Å². The number of likely N-dealkylation sites (tertiary alicyclic amines) is 1. The molecule has 1 saturated heterocycles. The van der Waals surface area contributed by atoms with Crippen molar-refractivity contribution in [1.82, 2.24) is 4.90 Å². The summed E-state index contributed by atoms with van der Waals surface area (Å²) in [6, 6.07) is 0. The number of carbonyl (C=O) groups is 1. The first kappa shape index (κ1) is 18.6. The normalized spacial score (nSPS) is 16.6. The third-order valence-electron chi connectivity index (χ3n) is 1.89. The van der Waals surface area contributed by atoms with Crippen molar-refractivity contribution in [2.45, 2.75) is 67.9 Å². The average Bonchev–Trinajstić information content (AvgIpc) is 2.18. The lowest BCUT2D eigenvalue weighted by Gasteiger charge is -2.45. The van der Waals surface area contributed by atoms with Gasteiger partial charge in [0.05, 0.1) is 0 Å². The molecule has 0 N–H and O–H groups in total. The molecule has 1 aliphatic heterocycles. The SMILES string of the molecule is CC.CC.CC1(C)CN(C(=O)OC(C)(C)C)C1. The molecular weight excluding hydrogens is 214 g/mol. The first-order chi connectivity index (χ1) is 7.70. The minimum absolute atomic E-state index is 0.188. The van der Waals surface area contributed by atoms with Crippen LogP contribution >= 0.6 is 0 Å². The molecule has 0 aromatic heterocycles. The van der Waals surface area contributed by atoms with E-state index in [1.165, 1.54) is 0 Å². The predicted octanol–water partition coefficient (Wildman–Crippen LogP) is 4.32. The standard InChI is InChI=1S/C10H19NO2.2C2H6/c1-9(2,3)13-8(12)11-6-10(4,5)7-11;2*1-2/h6-7H2,1-5H3;2*1-2H3. The summed E-state index contributed by atoms with van der Waals surface area (Å²) in [5, 5.41) is 0. The zero-order chi connectivity index (χ0) is 14.3. The summed E-state index contributed by atoms with van der Waals surface area (Å²) < 4.78 is 5.22. The van der Waals surface area contributed by atoms with E-state index in [4.69, 9.17) is 4.74 Å². The number of rotatable bonds is 0. The van der Waals surface area contributed by atoms with E-state index in [-0.39, 0.29) is 17.1 Å². The Morgan fingerprint density at radius 2 is 1.41 bits per heavy atom. The van der Waals surface area contributed by atoms with E-state index in [0.29, 0.717) is 0 Å². The van der Waals surface area contributed by atoms with Crippen molar-refractivity contribution in [3.05, 3.63) is 0 Å². The monoisotopic (exact) mass is 245 g/mol. The zero-order valence-electron chi connectivity index (χ0n) is 13.2. The maximum absolute atomic E-state index is 11.4. The van der Waals surface area contributed by atoms with E-state index in [1.807, 2.05) is 48.5 Å². The predicted molar refractivity (Wildman–Crippen MR) is 74.3 cm³/mol.